The Hall–Kier alpha value is -3.41. The fourth-order valence-electron chi connectivity index (χ4n) is 2.14. The van der Waals surface area contributed by atoms with Gasteiger partial charge in [0.2, 0.25) is 0 Å². The second-order valence-corrected chi connectivity index (χ2v) is 5.39. The van der Waals surface area contributed by atoms with E-state index in [4.69, 9.17) is 0 Å². The maximum Gasteiger partial charge on any atom is 0.325 e. The van der Waals surface area contributed by atoms with Gasteiger partial charge in [0, 0.05) is 5.56 Å². The standard InChI is InChI=1S/C20H20N2O4/c1-26-18(23)14-21-20(25)17(13-12-15-8-4-2-5-9-15)22-19(24)16-10-6-3-7-11-16/h2-11,13H,12,14H2,1H3,(H,21,25)(H,22,24)/b17-13+. The zero-order valence-electron chi connectivity index (χ0n) is 14.4. The van der Waals surface area contributed by atoms with Gasteiger partial charge in [0.05, 0.1) is 7.11 Å². The molecular formula is C20H20N2O4. The number of esters is 1. The maximum absolute atomic E-state index is 12.3. The Labute approximate surface area is 151 Å². The number of carbonyl (C=O) groups excluding carboxylic acids is 3. The number of hydrogen-bond donors (Lipinski definition) is 2. The highest BCUT2D eigenvalue weighted by Crippen LogP contribution is 2.05. The number of hydrogen-bond acceptors (Lipinski definition) is 4. The van der Waals surface area contributed by atoms with Crippen LogP contribution in [0.5, 0.6) is 0 Å². The van der Waals surface area contributed by atoms with Crippen LogP contribution in [0.3, 0.4) is 0 Å². The van der Waals surface area contributed by atoms with Crippen LogP contribution in [0.4, 0.5) is 0 Å². The summed E-state index contributed by atoms with van der Waals surface area (Å²) in [6.45, 7) is -0.279. The van der Waals surface area contributed by atoms with E-state index in [9.17, 15) is 14.4 Å². The summed E-state index contributed by atoms with van der Waals surface area (Å²) in [4.78, 5) is 35.9. The van der Waals surface area contributed by atoms with Crippen LogP contribution < -0.4 is 10.6 Å². The first-order valence-electron chi connectivity index (χ1n) is 8.05. The van der Waals surface area contributed by atoms with Crippen LogP contribution in [-0.2, 0) is 20.7 Å². The molecule has 2 N–H and O–H groups in total. The van der Waals surface area contributed by atoms with E-state index in [-0.39, 0.29) is 12.2 Å². The van der Waals surface area contributed by atoms with E-state index in [0.717, 1.165) is 5.56 Å². The Kier molecular flexibility index (Phi) is 7.12. The van der Waals surface area contributed by atoms with Gasteiger partial charge in [-0.05, 0) is 24.1 Å². The lowest BCUT2D eigenvalue weighted by Crippen LogP contribution is -2.37. The summed E-state index contributed by atoms with van der Waals surface area (Å²) in [7, 11) is 1.23. The molecule has 134 valence electrons. The summed E-state index contributed by atoms with van der Waals surface area (Å²) in [6, 6.07) is 18.1. The molecule has 0 heterocycles. The third-order valence-electron chi connectivity index (χ3n) is 3.53. The smallest absolute Gasteiger partial charge is 0.325 e. The highest BCUT2D eigenvalue weighted by molar-refractivity contribution is 6.03. The van der Waals surface area contributed by atoms with Crippen molar-refractivity contribution in [3.63, 3.8) is 0 Å². The molecule has 0 aliphatic heterocycles. The lowest BCUT2D eigenvalue weighted by molar-refractivity contribution is -0.140. The predicted molar refractivity (Wildman–Crippen MR) is 97.2 cm³/mol. The molecule has 0 bridgehead atoms. The number of rotatable bonds is 7. The Morgan fingerprint density at radius 3 is 2.19 bits per heavy atom. The van der Waals surface area contributed by atoms with Crippen molar-refractivity contribution in [2.24, 2.45) is 0 Å². The second-order valence-electron chi connectivity index (χ2n) is 5.39. The summed E-state index contributed by atoms with van der Waals surface area (Å²) in [5, 5.41) is 5.03. The van der Waals surface area contributed by atoms with Crippen molar-refractivity contribution in [1.82, 2.24) is 10.6 Å². The molecule has 2 amide bonds. The first kappa shape index (κ1) is 18.9. The van der Waals surface area contributed by atoms with Gasteiger partial charge < -0.3 is 15.4 Å². The number of nitrogens with one attached hydrogen (secondary N) is 2. The van der Waals surface area contributed by atoms with E-state index in [2.05, 4.69) is 15.4 Å². The second kappa shape index (κ2) is 9.78. The zero-order chi connectivity index (χ0) is 18.8. The molecule has 0 radical (unpaired) electrons. The summed E-state index contributed by atoms with van der Waals surface area (Å²) < 4.78 is 4.50. The number of benzene rings is 2. The van der Waals surface area contributed by atoms with Gasteiger partial charge in [0.15, 0.2) is 0 Å². The Balaban J connectivity index is 2.13. The molecule has 6 nitrogen and oxygen atoms in total. The van der Waals surface area contributed by atoms with Crippen LogP contribution in [0.15, 0.2) is 72.4 Å². The summed E-state index contributed by atoms with van der Waals surface area (Å²) in [6.07, 6.45) is 2.07. The molecule has 0 atom stereocenters. The highest BCUT2D eigenvalue weighted by Gasteiger charge is 2.15. The third-order valence-corrected chi connectivity index (χ3v) is 3.53. The Morgan fingerprint density at radius 1 is 0.962 bits per heavy atom. The number of methoxy groups -OCH3 is 1. The number of amides is 2. The van der Waals surface area contributed by atoms with Gasteiger partial charge in [-0.3, -0.25) is 14.4 Å². The van der Waals surface area contributed by atoms with Gasteiger partial charge in [-0.15, -0.1) is 0 Å². The minimum Gasteiger partial charge on any atom is -0.468 e. The fraction of sp³-hybridized carbons (Fsp3) is 0.150. The molecule has 0 fully saturated rings. The lowest BCUT2D eigenvalue weighted by atomic mass is 10.1. The molecule has 0 aliphatic rings. The molecule has 0 aromatic heterocycles. The monoisotopic (exact) mass is 352 g/mol. The molecule has 26 heavy (non-hydrogen) atoms. The number of allylic oxidation sites excluding steroid dienone is 1. The summed E-state index contributed by atoms with van der Waals surface area (Å²) in [5.74, 6) is -1.54. The Morgan fingerprint density at radius 2 is 1.58 bits per heavy atom. The van der Waals surface area contributed by atoms with E-state index < -0.39 is 17.8 Å². The molecule has 2 rings (SSSR count). The SMILES string of the molecule is COC(=O)CNC(=O)/C(=C\Cc1ccccc1)NC(=O)c1ccccc1. The van der Waals surface area contributed by atoms with Crippen molar-refractivity contribution >= 4 is 17.8 Å². The van der Waals surface area contributed by atoms with Gasteiger partial charge in [0.25, 0.3) is 11.8 Å². The quantitative estimate of drug-likeness (QED) is 0.588. The lowest BCUT2D eigenvalue weighted by Gasteiger charge is -2.11. The van der Waals surface area contributed by atoms with E-state index >= 15 is 0 Å². The average molecular weight is 352 g/mol. The van der Waals surface area contributed by atoms with Crippen LogP contribution in [0.1, 0.15) is 15.9 Å². The van der Waals surface area contributed by atoms with Crippen LogP contribution in [0, 0.1) is 0 Å². The summed E-state index contributed by atoms with van der Waals surface area (Å²) >= 11 is 0. The minimum atomic E-state index is -0.574. The normalized spacial score (nSPS) is 10.7. The Bertz CT molecular complexity index is 786. The topological polar surface area (TPSA) is 84.5 Å². The largest absolute Gasteiger partial charge is 0.468 e. The van der Waals surface area contributed by atoms with Crippen molar-refractivity contribution in [2.45, 2.75) is 6.42 Å². The summed E-state index contributed by atoms with van der Waals surface area (Å²) in [5.41, 5.74) is 1.49. The van der Waals surface area contributed by atoms with Crippen molar-refractivity contribution in [3.05, 3.63) is 83.6 Å². The molecule has 2 aromatic carbocycles. The van der Waals surface area contributed by atoms with E-state index in [1.165, 1.54) is 7.11 Å². The van der Waals surface area contributed by atoms with Crippen LogP contribution >= 0.6 is 0 Å². The molecular weight excluding hydrogens is 332 g/mol. The maximum atomic E-state index is 12.3. The van der Waals surface area contributed by atoms with Gasteiger partial charge in [0.1, 0.15) is 12.2 Å². The fourth-order valence-corrected chi connectivity index (χ4v) is 2.14. The van der Waals surface area contributed by atoms with Gasteiger partial charge in [-0.25, -0.2) is 0 Å². The van der Waals surface area contributed by atoms with E-state index in [0.29, 0.717) is 12.0 Å². The van der Waals surface area contributed by atoms with Crippen molar-refractivity contribution in [1.29, 1.82) is 0 Å². The molecule has 0 spiro atoms. The molecule has 2 aromatic rings. The number of carbonyl (C=O) groups is 3. The first-order valence-corrected chi connectivity index (χ1v) is 8.05. The number of ether oxygens (including phenoxy) is 1. The van der Waals surface area contributed by atoms with Crippen LogP contribution in [-0.4, -0.2) is 31.4 Å². The van der Waals surface area contributed by atoms with Crippen molar-refractivity contribution < 1.29 is 19.1 Å². The predicted octanol–water partition coefficient (Wildman–Crippen LogP) is 1.83. The molecule has 0 saturated heterocycles. The third kappa shape index (κ3) is 5.90. The molecule has 0 saturated carbocycles. The van der Waals surface area contributed by atoms with Gasteiger partial charge >= 0.3 is 5.97 Å². The van der Waals surface area contributed by atoms with Crippen LogP contribution in [0.25, 0.3) is 0 Å². The van der Waals surface area contributed by atoms with E-state index in [1.54, 1.807) is 36.4 Å². The average Bonchev–Trinajstić information content (AvgIpc) is 2.70. The zero-order valence-corrected chi connectivity index (χ0v) is 14.4. The minimum absolute atomic E-state index is 0.0756. The molecule has 6 heteroatoms. The van der Waals surface area contributed by atoms with Crippen molar-refractivity contribution in [3.8, 4) is 0 Å². The van der Waals surface area contributed by atoms with Crippen LogP contribution in [0.2, 0.25) is 0 Å². The van der Waals surface area contributed by atoms with Gasteiger partial charge in [-0.2, -0.15) is 0 Å². The first-order chi connectivity index (χ1) is 12.6. The van der Waals surface area contributed by atoms with Crippen molar-refractivity contribution in [2.75, 3.05) is 13.7 Å². The van der Waals surface area contributed by atoms with Gasteiger partial charge in [-0.1, -0.05) is 54.6 Å². The van der Waals surface area contributed by atoms with E-state index in [1.807, 2.05) is 30.3 Å². The molecule has 0 unspecified atom stereocenters. The molecule has 0 aliphatic carbocycles. The highest BCUT2D eigenvalue weighted by atomic mass is 16.5.